The molecule has 1 fully saturated rings. The molecule has 0 radical (unpaired) electrons. The van der Waals surface area contributed by atoms with Gasteiger partial charge in [0.25, 0.3) is 0 Å². The van der Waals surface area contributed by atoms with Crippen LogP contribution in [0, 0.1) is 5.92 Å². The summed E-state index contributed by atoms with van der Waals surface area (Å²) in [6, 6.07) is 7.63. The Morgan fingerprint density at radius 3 is 2.83 bits per heavy atom. The van der Waals surface area contributed by atoms with Gasteiger partial charge in [-0.1, -0.05) is 25.5 Å². The number of carbonyl (C=O) groups is 1. The average Bonchev–Trinajstić information content (AvgIpc) is 2.31. The molecule has 0 bridgehead atoms. The van der Waals surface area contributed by atoms with Crippen LogP contribution in [-0.4, -0.2) is 30.8 Å². The second-order valence-electron chi connectivity index (χ2n) is 4.71. The van der Waals surface area contributed by atoms with Gasteiger partial charge >= 0.3 is 5.97 Å². The van der Waals surface area contributed by atoms with Crippen LogP contribution in [0.2, 0.25) is 0 Å². The molecule has 1 aromatic rings. The minimum atomic E-state index is -0.947. The van der Waals surface area contributed by atoms with Gasteiger partial charge in [0.2, 0.25) is 0 Å². The van der Waals surface area contributed by atoms with E-state index in [0.29, 0.717) is 5.75 Å². The molecule has 1 saturated heterocycles. The van der Waals surface area contributed by atoms with Crippen LogP contribution in [0.15, 0.2) is 24.3 Å². The van der Waals surface area contributed by atoms with Crippen molar-refractivity contribution in [3.05, 3.63) is 24.3 Å². The van der Waals surface area contributed by atoms with Crippen molar-refractivity contribution in [3.63, 3.8) is 0 Å². The molecule has 0 unspecified atom stereocenters. The number of aliphatic carboxylic acids is 1. The smallest absolute Gasteiger partial charge is 0.341 e. The second-order valence-corrected chi connectivity index (χ2v) is 4.71. The number of carboxylic acids is 1. The van der Waals surface area contributed by atoms with E-state index in [1.165, 1.54) is 12.8 Å². The van der Waals surface area contributed by atoms with Gasteiger partial charge in [-0.25, -0.2) is 4.79 Å². The SMILES string of the molecule is CCCC1CN(c2ccccc2OCC(=O)O)C1. The largest absolute Gasteiger partial charge is 0.480 e. The number of carboxylic acid groups (broad SMARTS) is 1. The predicted molar refractivity (Wildman–Crippen MR) is 70.2 cm³/mol. The van der Waals surface area contributed by atoms with Crippen molar-refractivity contribution in [1.29, 1.82) is 0 Å². The topological polar surface area (TPSA) is 49.8 Å². The van der Waals surface area contributed by atoms with E-state index < -0.39 is 5.97 Å². The van der Waals surface area contributed by atoms with Crippen LogP contribution in [0.3, 0.4) is 0 Å². The summed E-state index contributed by atoms with van der Waals surface area (Å²) < 4.78 is 5.31. The summed E-state index contributed by atoms with van der Waals surface area (Å²) in [6.07, 6.45) is 2.48. The molecular formula is C14H19NO3. The first-order valence-electron chi connectivity index (χ1n) is 6.39. The van der Waals surface area contributed by atoms with Crippen molar-refractivity contribution in [2.75, 3.05) is 24.6 Å². The minimum Gasteiger partial charge on any atom is -0.480 e. The summed E-state index contributed by atoms with van der Waals surface area (Å²) in [5.41, 5.74) is 1.01. The van der Waals surface area contributed by atoms with Gasteiger partial charge in [0.1, 0.15) is 5.75 Å². The summed E-state index contributed by atoms with van der Waals surface area (Å²) in [4.78, 5) is 12.8. The van der Waals surface area contributed by atoms with Crippen molar-refractivity contribution in [1.82, 2.24) is 0 Å². The molecule has 0 aliphatic carbocycles. The lowest BCUT2D eigenvalue weighted by Gasteiger charge is -2.41. The van der Waals surface area contributed by atoms with Crippen molar-refractivity contribution in [2.45, 2.75) is 19.8 Å². The highest BCUT2D eigenvalue weighted by Crippen LogP contribution is 2.34. The molecule has 1 aliphatic rings. The third-order valence-electron chi connectivity index (χ3n) is 3.21. The molecular weight excluding hydrogens is 230 g/mol. The minimum absolute atomic E-state index is 0.288. The molecule has 2 rings (SSSR count). The zero-order valence-corrected chi connectivity index (χ0v) is 10.6. The van der Waals surface area contributed by atoms with Crippen molar-refractivity contribution in [3.8, 4) is 5.75 Å². The lowest BCUT2D eigenvalue weighted by molar-refractivity contribution is -0.139. The predicted octanol–water partition coefficient (Wildman–Crippen LogP) is 2.39. The van der Waals surface area contributed by atoms with E-state index in [-0.39, 0.29) is 6.61 Å². The maximum Gasteiger partial charge on any atom is 0.341 e. The van der Waals surface area contributed by atoms with Gasteiger partial charge in [-0.05, 0) is 24.5 Å². The highest BCUT2D eigenvalue weighted by Gasteiger charge is 2.27. The second kappa shape index (κ2) is 5.76. The molecule has 0 atom stereocenters. The lowest BCUT2D eigenvalue weighted by Crippen LogP contribution is -2.46. The molecule has 0 amide bonds. The lowest BCUT2D eigenvalue weighted by atomic mass is 9.94. The summed E-state index contributed by atoms with van der Waals surface area (Å²) in [7, 11) is 0. The van der Waals surface area contributed by atoms with Gasteiger partial charge in [-0.3, -0.25) is 0 Å². The van der Waals surface area contributed by atoms with E-state index >= 15 is 0 Å². The van der Waals surface area contributed by atoms with Crippen molar-refractivity contribution >= 4 is 11.7 Å². The monoisotopic (exact) mass is 249 g/mol. The molecule has 98 valence electrons. The van der Waals surface area contributed by atoms with Gasteiger partial charge in [0, 0.05) is 13.1 Å². The number of hydrogen-bond donors (Lipinski definition) is 1. The molecule has 1 heterocycles. The van der Waals surface area contributed by atoms with Crippen molar-refractivity contribution in [2.24, 2.45) is 5.92 Å². The molecule has 4 heteroatoms. The third-order valence-corrected chi connectivity index (χ3v) is 3.21. The molecule has 1 aliphatic heterocycles. The van der Waals surface area contributed by atoms with Crippen LogP contribution >= 0.6 is 0 Å². The first-order valence-corrected chi connectivity index (χ1v) is 6.39. The summed E-state index contributed by atoms with van der Waals surface area (Å²) in [5, 5.41) is 8.65. The fourth-order valence-electron chi connectivity index (χ4n) is 2.34. The van der Waals surface area contributed by atoms with E-state index in [1.807, 2.05) is 24.3 Å². The van der Waals surface area contributed by atoms with Gasteiger partial charge in [-0.2, -0.15) is 0 Å². The Morgan fingerprint density at radius 2 is 2.17 bits per heavy atom. The van der Waals surface area contributed by atoms with Crippen LogP contribution in [-0.2, 0) is 4.79 Å². The Balaban J connectivity index is 1.98. The van der Waals surface area contributed by atoms with E-state index in [9.17, 15) is 4.79 Å². The molecule has 0 saturated carbocycles. The molecule has 1 aromatic carbocycles. The van der Waals surface area contributed by atoms with E-state index in [1.54, 1.807) is 0 Å². The average molecular weight is 249 g/mol. The molecule has 18 heavy (non-hydrogen) atoms. The quantitative estimate of drug-likeness (QED) is 0.841. The number of ether oxygens (including phenoxy) is 1. The Morgan fingerprint density at radius 1 is 1.44 bits per heavy atom. The molecule has 4 nitrogen and oxygen atoms in total. The van der Waals surface area contributed by atoms with Gasteiger partial charge < -0.3 is 14.7 Å². The first kappa shape index (κ1) is 12.7. The Hall–Kier alpha value is -1.71. The maximum atomic E-state index is 10.5. The number of hydrogen-bond acceptors (Lipinski definition) is 3. The maximum absolute atomic E-state index is 10.5. The molecule has 1 N–H and O–H groups in total. The highest BCUT2D eigenvalue weighted by atomic mass is 16.5. The zero-order chi connectivity index (χ0) is 13.0. The summed E-state index contributed by atoms with van der Waals surface area (Å²) >= 11 is 0. The van der Waals surface area contributed by atoms with E-state index in [4.69, 9.17) is 9.84 Å². The van der Waals surface area contributed by atoms with Crippen LogP contribution in [0.5, 0.6) is 5.75 Å². The number of para-hydroxylation sites is 2. The van der Waals surface area contributed by atoms with Crippen LogP contribution in [0.25, 0.3) is 0 Å². The van der Waals surface area contributed by atoms with Gasteiger partial charge in [0.15, 0.2) is 6.61 Å². The number of anilines is 1. The number of nitrogens with zero attached hydrogens (tertiary/aromatic N) is 1. The van der Waals surface area contributed by atoms with E-state index in [2.05, 4.69) is 11.8 Å². The van der Waals surface area contributed by atoms with Crippen molar-refractivity contribution < 1.29 is 14.6 Å². The zero-order valence-electron chi connectivity index (χ0n) is 10.6. The molecule has 0 spiro atoms. The fraction of sp³-hybridized carbons (Fsp3) is 0.500. The summed E-state index contributed by atoms with van der Waals surface area (Å²) in [5.74, 6) is 0.481. The Labute approximate surface area is 107 Å². The number of rotatable bonds is 6. The number of benzene rings is 1. The third kappa shape index (κ3) is 2.94. The standard InChI is InChI=1S/C14H19NO3/c1-2-5-11-8-15(9-11)12-6-3-4-7-13(12)18-10-14(16)17/h3-4,6-7,11H,2,5,8-10H2,1H3,(H,16,17). The normalized spacial score (nSPS) is 15.3. The molecule has 0 aromatic heterocycles. The first-order chi connectivity index (χ1) is 8.70. The Kier molecular flexibility index (Phi) is 4.07. The van der Waals surface area contributed by atoms with Crippen LogP contribution in [0.1, 0.15) is 19.8 Å². The van der Waals surface area contributed by atoms with Crippen LogP contribution < -0.4 is 9.64 Å². The summed E-state index contributed by atoms with van der Waals surface area (Å²) in [6.45, 7) is 4.00. The van der Waals surface area contributed by atoms with Gasteiger partial charge in [0.05, 0.1) is 5.69 Å². The highest BCUT2D eigenvalue weighted by molar-refractivity contribution is 5.69. The fourth-order valence-corrected chi connectivity index (χ4v) is 2.34. The Bertz CT molecular complexity index is 413. The van der Waals surface area contributed by atoms with Gasteiger partial charge in [-0.15, -0.1) is 0 Å². The van der Waals surface area contributed by atoms with Crippen LogP contribution in [0.4, 0.5) is 5.69 Å². The van der Waals surface area contributed by atoms with E-state index in [0.717, 1.165) is 24.7 Å².